The molecule has 4 aliphatic rings. The zero-order chi connectivity index (χ0) is 16.9. The largest absolute Gasteiger partial charge is 0.369 e. The first-order valence-electron chi connectivity index (χ1n) is 9.51. The van der Waals surface area contributed by atoms with Crippen molar-refractivity contribution in [1.82, 2.24) is 15.1 Å². The molecule has 2 unspecified atom stereocenters. The van der Waals surface area contributed by atoms with Crippen LogP contribution in [0, 0.1) is 29.1 Å². The van der Waals surface area contributed by atoms with E-state index in [1.54, 1.807) is 0 Å². The minimum absolute atomic E-state index is 0.0754. The smallest absolute Gasteiger partial charge is 0.224 e. The molecule has 0 aromatic heterocycles. The van der Waals surface area contributed by atoms with E-state index in [0.717, 1.165) is 45.6 Å². The van der Waals surface area contributed by atoms with E-state index in [2.05, 4.69) is 22.2 Å². The molecule has 4 rings (SSSR count). The molecule has 1 saturated heterocycles. The molecular formula is C18H30N4O2. The Kier molecular flexibility index (Phi) is 4.07. The molecular weight excluding hydrogens is 304 g/mol. The summed E-state index contributed by atoms with van der Waals surface area (Å²) in [6, 6.07) is 0. The van der Waals surface area contributed by atoms with E-state index < -0.39 is 0 Å². The molecule has 0 aromatic carbocycles. The second-order valence-electron chi connectivity index (χ2n) is 8.41. The molecule has 4 atom stereocenters. The van der Waals surface area contributed by atoms with Crippen molar-refractivity contribution in [3.05, 3.63) is 0 Å². The van der Waals surface area contributed by atoms with Crippen molar-refractivity contribution in [2.45, 2.75) is 25.7 Å². The van der Waals surface area contributed by atoms with Crippen LogP contribution in [-0.4, -0.2) is 67.9 Å². The zero-order valence-corrected chi connectivity index (χ0v) is 14.7. The highest BCUT2D eigenvalue weighted by atomic mass is 16.2. The molecule has 3 N–H and O–H groups in total. The van der Waals surface area contributed by atoms with Crippen LogP contribution in [0.5, 0.6) is 0 Å². The molecule has 4 fully saturated rings. The van der Waals surface area contributed by atoms with E-state index in [4.69, 9.17) is 5.73 Å². The molecule has 1 heterocycles. The number of carbonyl (C=O) groups is 2. The molecule has 3 saturated carbocycles. The number of likely N-dealkylation sites (N-methyl/N-ethyl adjacent to an activating group) is 1. The average Bonchev–Trinajstić information content (AvgIpc) is 3.22. The normalized spacial score (nSPS) is 37.7. The standard InChI is InChI=1S/C18H30N4O2/c1-21-8-10-22(11-9-21)7-6-20-17(24)15-13-3-2-12(14(15)16(19)23)18(13)4-5-18/h12-15H,2-11H2,1H3,(H2,19,23)(H,20,24)/t12-,13+,14?,15?/m0/s1. The lowest BCUT2D eigenvalue weighted by molar-refractivity contribution is -0.135. The molecule has 134 valence electrons. The van der Waals surface area contributed by atoms with Crippen LogP contribution in [0.15, 0.2) is 0 Å². The number of amides is 2. The fourth-order valence-electron chi connectivity index (χ4n) is 5.92. The highest BCUT2D eigenvalue weighted by Gasteiger charge is 2.71. The second kappa shape index (κ2) is 5.99. The summed E-state index contributed by atoms with van der Waals surface area (Å²) in [7, 11) is 2.14. The molecule has 0 aromatic rings. The van der Waals surface area contributed by atoms with E-state index in [-0.39, 0.29) is 23.7 Å². The fourth-order valence-corrected chi connectivity index (χ4v) is 5.92. The monoisotopic (exact) mass is 334 g/mol. The Hall–Kier alpha value is -1.14. The van der Waals surface area contributed by atoms with Crippen molar-refractivity contribution in [1.29, 1.82) is 0 Å². The van der Waals surface area contributed by atoms with E-state index in [1.165, 1.54) is 12.8 Å². The molecule has 6 nitrogen and oxygen atoms in total. The van der Waals surface area contributed by atoms with Gasteiger partial charge in [-0.15, -0.1) is 0 Å². The van der Waals surface area contributed by atoms with Crippen LogP contribution in [0.3, 0.4) is 0 Å². The van der Waals surface area contributed by atoms with Crippen molar-refractivity contribution < 1.29 is 9.59 Å². The van der Waals surface area contributed by atoms with Gasteiger partial charge in [0.05, 0.1) is 11.8 Å². The molecule has 1 spiro atoms. The highest BCUT2D eigenvalue weighted by Crippen LogP contribution is 2.74. The quantitative estimate of drug-likeness (QED) is 0.735. The van der Waals surface area contributed by atoms with Gasteiger partial charge in [0.1, 0.15) is 0 Å². The second-order valence-corrected chi connectivity index (χ2v) is 8.41. The lowest BCUT2D eigenvalue weighted by atomic mass is 9.78. The number of hydrogen-bond acceptors (Lipinski definition) is 4. The van der Waals surface area contributed by atoms with Gasteiger partial charge in [-0.3, -0.25) is 14.5 Å². The van der Waals surface area contributed by atoms with Gasteiger partial charge in [-0.1, -0.05) is 0 Å². The molecule has 0 radical (unpaired) electrons. The lowest BCUT2D eigenvalue weighted by Crippen LogP contribution is -2.48. The van der Waals surface area contributed by atoms with Crippen LogP contribution in [0.25, 0.3) is 0 Å². The van der Waals surface area contributed by atoms with Gasteiger partial charge in [-0.25, -0.2) is 0 Å². The van der Waals surface area contributed by atoms with Crippen molar-refractivity contribution in [2.24, 2.45) is 34.8 Å². The first-order chi connectivity index (χ1) is 11.5. The molecule has 2 bridgehead atoms. The Morgan fingerprint density at radius 1 is 1.08 bits per heavy atom. The number of carbonyl (C=O) groups excluding carboxylic acids is 2. The summed E-state index contributed by atoms with van der Waals surface area (Å²) in [5, 5.41) is 3.12. The van der Waals surface area contributed by atoms with Crippen molar-refractivity contribution in [3.8, 4) is 0 Å². The third-order valence-electron chi connectivity index (χ3n) is 7.30. The molecule has 1 aliphatic heterocycles. The number of hydrogen-bond donors (Lipinski definition) is 2. The Labute approximate surface area is 144 Å². The first-order valence-corrected chi connectivity index (χ1v) is 9.51. The van der Waals surface area contributed by atoms with Crippen molar-refractivity contribution >= 4 is 11.8 Å². The predicted molar refractivity (Wildman–Crippen MR) is 91.0 cm³/mol. The van der Waals surface area contributed by atoms with Gasteiger partial charge >= 0.3 is 0 Å². The summed E-state index contributed by atoms with van der Waals surface area (Å²) >= 11 is 0. The maximum Gasteiger partial charge on any atom is 0.224 e. The Morgan fingerprint density at radius 3 is 2.29 bits per heavy atom. The van der Waals surface area contributed by atoms with Crippen molar-refractivity contribution in [3.63, 3.8) is 0 Å². The Morgan fingerprint density at radius 2 is 1.71 bits per heavy atom. The number of nitrogens with two attached hydrogens (primary N) is 1. The summed E-state index contributed by atoms with van der Waals surface area (Å²) in [6.45, 7) is 5.88. The highest BCUT2D eigenvalue weighted by molar-refractivity contribution is 5.89. The van der Waals surface area contributed by atoms with Crippen molar-refractivity contribution in [2.75, 3.05) is 46.3 Å². The van der Waals surface area contributed by atoms with Gasteiger partial charge in [0.2, 0.25) is 11.8 Å². The number of rotatable bonds is 5. The molecule has 3 aliphatic carbocycles. The zero-order valence-electron chi connectivity index (χ0n) is 14.7. The maximum absolute atomic E-state index is 12.8. The third-order valence-corrected chi connectivity index (χ3v) is 7.30. The number of piperazine rings is 1. The van der Waals surface area contributed by atoms with Gasteiger partial charge in [0.15, 0.2) is 0 Å². The minimum atomic E-state index is -0.257. The molecule has 6 heteroatoms. The van der Waals surface area contributed by atoms with Crippen LogP contribution < -0.4 is 11.1 Å². The Balaban J connectivity index is 1.33. The SMILES string of the molecule is CN1CCN(CCNC(=O)C2C(C(N)=O)[C@@H]3CC[C@H]2C32CC2)CC1. The molecule has 24 heavy (non-hydrogen) atoms. The van der Waals surface area contributed by atoms with Crippen LogP contribution in [0.1, 0.15) is 25.7 Å². The average molecular weight is 334 g/mol. The van der Waals surface area contributed by atoms with Gasteiger partial charge < -0.3 is 16.0 Å². The van der Waals surface area contributed by atoms with Gasteiger partial charge in [0.25, 0.3) is 0 Å². The van der Waals surface area contributed by atoms with E-state index in [9.17, 15) is 9.59 Å². The van der Waals surface area contributed by atoms with Gasteiger partial charge in [0, 0.05) is 39.3 Å². The topological polar surface area (TPSA) is 78.7 Å². The lowest BCUT2D eigenvalue weighted by Gasteiger charge is -2.32. The summed E-state index contributed by atoms with van der Waals surface area (Å²) in [4.78, 5) is 29.5. The van der Waals surface area contributed by atoms with Crippen LogP contribution in [-0.2, 0) is 9.59 Å². The number of nitrogens with zero attached hydrogens (tertiary/aromatic N) is 2. The summed E-state index contributed by atoms with van der Waals surface area (Å²) in [5.41, 5.74) is 5.98. The van der Waals surface area contributed by atoms with Crippen LogP contribution >= 0.6 is 0 Å². The Bertz CT molecular complexity index is 525. The van der Waals surface area contributed by atoms with E-state index >= 15 is 0 Å². The van der Waals surface area contributed by atoms with E-state index in [1.807, 2.05) is 0 Å². The summed E-state index contributed by atoms with van der Waals surface area (Å²) in [5.74, 6) is 0.183. The summed E-state index contributed by atoms with van der Waals surface area (Å²) in [6.07, 6.45) is 4.57. The molecule has 2 amide bonds. The number of nitrogens with one attached hydrogen (secondary N) is 1. The van der Waals surface area contributed by atoms with Gasteiger partial charge in [-0.05, 0) is 50.0 Å². The van der Waals surface area contributed by atoms with Crippen LogP contribution in [0.4, 0.5) is 0 Å². The number of primary amides is 1. The van der Waals surface area contributed by atoms with Gasteiger partial charge in [-0.2, -0.15) is 0 Å². The first kappa shape index (κ1) is 16.3. The minimum Gasteiger partial charge on any atom is -0.369 e. The summed E-state index contributed by atoms with van der Waals surface area (Å²) < 4.78 is 0. The maximum atomic E-state index is 12.8. The predicted octanol–water partition coefficient (Wildman–Crippen LogP) is -0.112. The van der Waals surface area contributed by atoms with Crippen LogP contribution in [0.2, 0.25) is 0 Å². The van der Waals surface area contributed by atoms with E-state index in [0.29, 0.717) is 23.8 Å². The fraction of sp³-hybridized carbons (Fsp3) is 0.889. The third kappa shape index (κ3) is 2.54.